The Bertz CT molecular complexity index is 597. The van der Waals surface area contributed by atoms with Crippen molar-refractivity contribution in [2.75, 3.05) is 7.11 Å². The summed E-state index contributed by atoms with van der Waals surface area (Å²) in [5.74, 6) is 0.762. The molecule has 1 N–H and O–H groups in total. The molecule has 104 valence electrons. The first-order valence-corrected chi connectivity index (χ1v) is 6.58. The van der Waals surface area contributed by atoms with Crippen molar-refractivity contribution in [3.8, 4) is 16.9 Å². The smallest absolute Gasteiger partial charge is 0.219 e. The van der Waals surface area contributed by atoms with Gasteiger partial charge in [-0.2, -0.15) is 0 Å². The first kappa shape index (κ1) is 14.1. The first-order chi connectivity index (χ1) is 9.74. The van der Waals surface area contributed by atoms with Crippen LogP contribution in [0.2, 0.25) is 0 Å². The van der Waals surface area contributed by atoms with Crippen LogP contribution in [0.1, 0.15) is 18.9 Å². The Labute approximate surface area is 118 Å². The summed E-state index contributed by atoms with van der Waals surface area (Å²) in [6, 6.07) is 9.90. The number of nitrogens with zero attached hydrogens (tertiary/aromatic N) is 1. The van der Waals surface area contributed by atoms with Crippen LogP contribution in [0.5, 0.6) is 5.75 Å². The molecule has 2 aromatic rings. The summed E-state index contributed by atoms with van der Waals surface area (Å²) >= 11 is 0. The van der Waals surface area contributed by atoms with Crippen molar-refractivity contribution in [2.45, 2.75) is 19.9 Å². The number of nitrogens with one attached hydrogen (secondary N) is 1. The fourth-order valence-corrected chi connectivity index (χ4v) is 1.95. The molecular formula is C16H18N2O2. The molecule has 4 heteroatoms. The van der Waals surface area contributed by atoms with Crippen LogP contribution in [0, 0.1) is 0 Å². The SMILES string of the molecule is CCC(=O)NCc1ccccc1-c1cncc(OC)c1. The van der Waals surface area contributed by atoms with Gasteiger partial charge in [0.05, 0.1) is 13.3 Å². The number of hydrogen-bond donors (Lipinski definition) is 1. The van der Waals surface area contributed by atoms with E-state index in [2.05, 4.69) is 10.3 Å². The van der Waals surface area contributed by atoms with Gasteiger partial charge in [0.25, 0.3) is 0 Å². The van der Waals surface area contributed by atoms with Crippen LogP contribution in [0.4, 0.5) is 0 Å². The quantitative estimate of drug-likeness (QED) is 0.909. The molecule has 4 nitrogen and oxygen atoms in total. The number of methoxy groups -OCH3 is 1. The molecule has 0 unspecified atom stereocenters. The highest BCUT2D eigenvalue weighted by Crippen LogP contribution is 2.25. The molecule has 1 amide bonds. The van der Waals surface area contributed by atoms with Crippen LogP contribution < -0.4 is 10.1 Å². The van der Waals surface area contributed by atoms with Gasteiger partial charge in [0, 0.05) is 24.7 Å². The largest absolute Gasteiger partial charge is 0.495 e. The minimum atomic E-state index is 0.0450. The molecule has 0 aliphatic heterocycles. The molecule has 0 aliphatic rings. The zero-order valence-electron chi connectivity index (χ0n) is 11.7. The normalized spacial score (nSPS) is 10.1. The van der Waals surface area contributed by atoms with Crippen LogP contribution in [0.15, 0.2) is 42.7 Å². The lowest BCUT2D eigenvalue weighted by Crippen LogP contribution is -2.21. The predicted molar refractivity (Wildman–Crippen MR) is 78.4 cm³/mol. The van der Waals surface area contributed by atoms with Gasteiger partial charge in [0.15, 0.2) is 0 Å². The summed E-state index contributed by atoms with van der Waals surface area (Å²) in [4.78, 5) is 15.6. The Morgan fingerprint density at radius 2 is 2.10 bits per heavy atom. The number of benzene rings is 1. The van der Waals surface area contributed by atoms with E-state index in [0.717, 1.165) is 22.4 Å². The van der Waals surface area contributed by atoms with Gasteiger partial charge in [-0.15, -0.1) is 0 Å². The number of carbonyl (C=O) groups excluding carboxylic acids is 1. The maximum absolute atomic E-state index is 11.4. The van der Waals surface area contributed by atoms with E-state index in [1.807, 2.05) is 37.3 Å². The van der Waals surface area contributed by atoms with Crippen molar-refractivity contribution >= 4 is 5.91 Å². The summed E-state index contributed by atoms with van der Waals surface area (Å²) in [6.45, 7) is 2.35. The van der Waals surface area contributed by atoms with Crippen molar-refractivity contribution in [2.24, 2.45) is 0 Å². The zero-order chi connectivity index (χ0) is 14.4. The topological polar surface area (TPSA) is 51.2 Å². The number of pyridine rings is 1. The summed E-state index contributed by atoms with van der Waals surface area (Å²) < 4.78 is 5.20. The number of amides is 1. The van der Waals surface area contributed by atoms with E-state index in [1.165, 1.54) is 0 Å². The van der Waals surface area contributed by atoms with Crippen molar-refractivity contribution in [1.29, 1.82) is 0 Å². The Morgan fingerprint density at radius 3 is 2.85 bits per heavy atom. The van der Waals surface area contributed by atoms with Crippen molar-refractivity contribution in [3.63, 3.8) is 0 Å². The molecule has 0 aliphatic carbocycles. The number of ether oxygens (including phenoxy) is 1. The van der Waals surface area contributed by atoms with Gasteiger partial charge >= 0.3 is 0 Å². The third-order valence-corrected chi connectivity index (χ3v) is 3.07. The van der Waals surface area contributed by atoms with Crippen molar-refractivity contribution in [3.05, 3.63) is 48.3 Å². The third kappa shape index (κ3) is 3.35. The average Bonchev–Trinajstić information content (AvgIpc) is 2.52. The van der Waals surface area contributed by atoms with Crippen LogP contribution >= 0.6 is 0 Å². The molecule has 20 heavy (non-hydrogen) atoms. The monoisotopic (exact) mass is 270 g/mol. The highest BCUT2D eigenvalue weighted by atomic mass is 16.5. The molecule has 0 radical (unpaired) electrons. The molecule has 0 fully saturated rings. The summed E-state index contributed by atoms with van der Waals surface area (Å²) in [6.07, 6.45) is 3.96. The van der Waals surface area contributed by atoms with Crippen molar-refractivity contribution in [1.82, 2.24) is 10.3 Å². The lowest BCUT2D eigenvalue weighted by atomic mass is 10.0. The zero-order valence-corrected chi connectivity index (χ0v) is 11.7. The Morgan fingerprint density at radius 1 is 1.30 bits per heavy atom. The summed E-state index contributed by atoms with van der Waals surface area (Å²) in [7, 11) is 1.62. The average molecular weight is 270 g/mol. The third-order valence-electron chi connectivity index (χ3n) is 3.07. The number of hydrogen-bond acceptors (Lipinski definition) is 3. The van der Waals surface area contributed by atoms with E-state index in [1.54, 1.807) is 19.5 Å². The van der Waals surface area contributed by atoms with Crippen molar-refractivity contribution < 1.29 is 9.53 Å². The molecule has 1 heterocycles. The van der Waals surface area contributed by atoms with E-state index >= 15 is 0 Å². The molecule has 0 saturated carbocycles. The maximum Gasteiger partial charge on any atom is 0.219 e. The molecule has 1 aromatic carbocycles. The summed E-state index contributed by atoms with van der Waals surface area (Å²) in [5, 5.41) is 2.90. The second-order valence-electron chi connectivity index (χ2n) is 4.40. The van der Waals surface area contributed by atoms with E-state index in [0.29, 0.717) is 13.0 Å². The number of aromatic nitrogens is 1. The predicted octanol–water partition coefficient (Wildman–Crippen LogP) is 2.78. The standard InChI is InChI=1S/C16H18N2O2/c1-3-16(19)18-10-12-6-4-5-7-15(12)13-8-14(20-2)11-17-9-13/h4-9,11H,3,10H2,1-2H3,(H,18,19). The Hall–Kier alpha value is -2.36. The minimum Gasteiger partial charge on any atom is -0.495 e. The molecule has 0 bridgehead atoms. The second kappa shape index (κ2) is 6.70. The molecular weight excluding hydrogens is 252 g/mol. The molecule has 0 saturated heterocycles. The van der Waals surface area contributed by atoms with Gasteiger partial charge in [-0.1, -0.05) is 31.2 Å². The summed E-state index contributed by atoms with van der Waals surface area (Å²) in [5.41, 5.74) is 3.09. The maximum atomic E-state index is 11.4. The Balaban J connectivity index is 2.29. The van der Waals surface area contributed by atoms with Gasteiger partial charge in [-0.3, -0.25) is 9.78 Å². The molecule has 2 rings (SSSR count). The molecule has 0 spiro atoms. The van der Waals surface area contributed by atoms with E-state index in [9.17, 15) is 4.79 Å². The number of rotatable bonds is 5. The van der Waals surface area contributed by atoms with Crippen LogP contribution in [-0.4, -0.2) is 18.0 Å². The number of carbonyl (C=O) groups is 1. The van der Waals surface area contributed by atoms with Gasteiger partial charge < -0.3 is 10.1 Å². The molecule has 1 aromatic heterocycles. The fourth-order valence-electron chi connectivity index (χ4n) is 1.95. The first-order valence-electron chi connectivity index (χ1n) is 6.58. The van der Waals surface area contributed by atoms with Gasteiger partial charge in [-0.05, 0) is 17.2 Å². The highest BCUT2D eigenvalue weighted by Gasteiger charge is 2.07. The van der Waals surface area contributed by atoms with E-state index < -0.39 is 0 Å². The fraction of sp³-hybridized carbons (Fsp3) is 0.250. The molecule has 0 atom stereocenters. The van der Waals surface area contributed by atoms with Gasteiger partial charge in [0.1, 0.15) is 5.75 Å². The Kier molecular flexibility index (Phi) is 4.71. The lowest BCUT2D eigenvalue weighted by Gasteiger charge is -2.11. The second-order valence-corrected chi connectivity index (χ2v) is 4.40. The lowest BCUT2D eigenvalue weighted by molar-refractivity contribution is -0.120. The van der Waals surface area contributed by atoms with Crippen LogP contribution in [0.25, 0.3) is 11.1 Å². The van der Waals surface area contributed by atoms with Crippen LogP contribution in [-0.2, 0) is 11.3 Å². The van der Waals surface area contributed by atoms with E-state index in [-0.39, 0.29) is 5.91 Å². The van der Waals surface area contributed by atoms with Crippen LogP contribution in [0.3, 0.4) is 0 Å². The minimum absolute atomic E-state index is 0.0450. The van der Waals surface area contributed by atoms with Gasteiger partial charge in [-0.25, -0.2) is 0 Å². The highest BCUT2D eigenvalue weighted by molar-refractivity contribution is 5.76. The van der Waals surface area contributed by atoms with Gasteiger partial charge in [0.2, 0.25) is 5.91 Å². The van der Waals surface area contributed by atoms with E-state index in [4.69, 9.17) is 4.74 Å².